The zero-order chi connectivity index (χ0) is 14.7. The van der Waals surface area contributed by atoms with Gasteiger partial charge in [0.1, 0.15) is 11.5 Å². The number of hydrogen-bond acceptors (Lipinski definition) is 4. The van der Waals surface area contributed by atoms with Gasteiger partial charge in [0.2, 0.25) is 0 Å². The number of phenols is 2. The van der Waals surface area contributed by atoms with Crippen LogP contribution in [0.5, 0.6) is 11.5 Å². The summed E-state index contributed by atoms with van der Waals surface area (Å²) in [5.74, 6) is 0.954. The number of benzene rings is 1. The quantitative estimate of drug-likeness (QED) is 0.740. The third-order valence-electron chi connectivity index (χ3n) is 4.77. The van der Waals surface area contributed by atoms with Crippen LogP contribution in [0.15, 0.2) is 18.2 Å². The van der Waals surface area contributed by atoms with Crippen molar-refractivity contribution >= 4 is 0 Å². The minimum Gasteiger partial charge on any atom is -0.508 e. The van der Waals surface area contributed by atoms with Crippen molar-refractivity contribution in [2.45, 2.75) is 44.7 Å². The summed E-state index contributed by atoms with van der Waals surface area (Å²) in [6.07, 6.45) is 4.84. The van der Waals surface area contributed by atoms with Crippen molar-refractivity contribution in [2.75, 3.05) is 13.6 Å². The van der Waals surface area contributed by atoms with Crippen molar-refractivity contribution in [3.05, 3.63) is 23.8 Å². The first kappa shape index (κ1) is 15.1. The molecule has 1 aliphatic rings. The molecule has 20 heavy (non-hydrogen) atoms. The summed E-state index contributed by atoms with van der Waals surface area (Å²) >= 11 is 0. The molecule has 0 spiro atoms. The normalized spacial score (nSPS) is 24.8. The summed E-state index contributed by atoms with van der Waals surface area (Å²) in [6.45, 7) is 2.78. The molecule has 4 nitrogen and oxygen atoms in total. The molecule has 4 heteroatoms. The van der Waals surface area contributed by atoms with Crippen LogP contribution in [-0.4, -0.2) is 34.7 Å². The standard InChI is InChI=1S/C16H26N2O2/c1-11(14-9-13(19)7-8-16(14)20)18(2)15-6-4-3-5-12(15)10-17/h7-9,11-12,15,19-20H,3-6,10,17H2,1-2H3. The molecule has 0 saturated heterocycles. The molecule has 1 aliphatic carbocycles. The van der Waals surface area contributed by atoms with E-state index in [1.54, 1.807) is 12.1 Å². The molecule has 2 rings (SSSR count). The Labute approximate surface area is 121 Å². The fourth-order valence-corrected chi connectivity index (χ4v) is 3.38. The van der Waals surface area contributed by atoms with E-state index in [0.717, 1.165) is 12.0 Å². The maximum Gasteiger partial charge on any atom is 0.120 e. The van der Waals surface area contributed by atoms with Gasteiger partial charge in [0.05, 0.1) is 0 Å². The van der Waals surface area contributed by atoms with Crippen LogP contribution in [0.3, 0.4) is 0 Å². The van der Waals surface area contributed by atoms with Gasteiger partial charge in [-0.25, -0.2) is 0 Å². The third kappa shape index (κ3) is 3.07. The van der Waals surface area contributed by atoms with E-state index in [2.05, 4.69) is 18.9 Å². The molecule has 0 bridgehead atoms. The lowest BCUT2D eigenvalue weighted by Crippen LogP contribution is -2.44. The molecule has 0 heterocycles. The van der Waals surface area contributed by atoms with Gasteiger partial charge in [0.25, 0.3) is 0 Å². The molecule has 1 saturated carbocycles. The topological polar surface area (TPSA) is 69.7 Å². The highest BCUT2D eigenvalue weighted by Crippen LogP contribution is 2.36. The van der Waals surface area contributed by atoms with Crippen molar-refractivity contribution in [1.29, 1.82) is 0 Å². The first-order valence-electron chi connectivity index (χ1n) is 7.48. The molecule has 0 radical (unpaired) electrons. The molecule has 1 aromatic rings. The molecule has 0 aliphatic heterocycles. The predicted molar refractivity (Wildman–Crippen MR) is 80.8 cm³/mol. The second kappa shape index (κ2) is 6.46. The zero-order valence-corrected chi connectivity index (χ0v) is 12.4. The molecule has 0 aromatic heterocycles. The van der Waals surface area contributed by atoms with Gasteiger partial charge in [0, 0.05) is 17.6 Å². The van der Waals surface area contributed by atoms with Gasteiger partial charge in [-0.2, -0.15) is 0 Å². The summed E-state index contributed by atoms with van der Waals surface area (Å²) in [7, 11) is 2.09. The van der Waals surface area contributed by atoms with E-state index in [4.69, 9.17) is 5.73 Å². The van der Waals surface area contributed by atoms with Crippen molar-refractivity contribution in [3.8, 4) is 11.5 Å². The van der Waals surface area contributed by atoms with Crippen molar-refractivity contribution < 1.29 is 10.2 Å². The van der Waals surface area contributed by atoms with E-state index in [1.165, 1.54) is 25.3 Å². The van der Waals surface area contributed by atoms with Crippen LogP contribution in [0.2, 0.25) is 0 Å². The van der Waals surface area contributed by atoms with Crippen molar-refractivity contribution in [2.24, 2.45) is 11.7 Å². The monoisotopic (exact) mass is 278 g/mol. The number of rotatable bonds is 4. The van der Waals surface area contributed by atoms with E-state index in [-0.39, 0.29) is 17.5 Å². The minimum absolute atomic E-state index is 0.0549. The average Bonchev–Trinajstić information content (AvgIpc) is 2.48. The Hall–Kier alpha value is -1.26. The Kier molecular flexibility index (Phi) is 4.89. The number of phenolic OH excluding ortho intramolecular Hbond substituents is 2. The van der Waals surface area contributed by atoms with Gasteiger partial charge in [0.15, 0.2) is 0 Å². The lowest BCUT2D eigenvalue weighted by atomic mass is 9.83. The minimum atomic E-state index is 0.0549. The molecule has 1 aromatic carbocycles. The van der Waals surface area contributed by atoms with Crippen LogP contribution in [0.25, 0.3) is 0 Å². The summed E-state index contributed by atoms with van der Waals surface area (Å²) in [5.41, 5.74) is 6.68. The van der Waals surface area contributed by atoms with Crippen molar-refractivity contribution in [3.63, 3.8) is 0 Å². The molecular formula is C16H26N2O2. The fourth-order valence-electron chi connectivity index (χ4n) is 3.38. The highest BCUT2D eigenvalue weighted by Gasteiger charge is 2.30. The second-order valence-electron chi connectivity index (χ2n) is 5.93. The lowest BCUT2D eigenvalue weighted by Gasteiger charge is -2.40. The van der Waals surface area contributed by atoms with E-state index in [1.807, 2.05) is 0 Å². The SMILES string of the molecule is CC(c1cc(O)ccc1O)N(C)C1CCCCC1CN. The smallest absolute Gasteiger partial charge is 0.120 e. The van der Waals surface area contributed by atoms with Crippen LogP contribution in [0, 0.1) is 5.92 Å². The summed E-state index contributed by atoms with van der Waals surface area (Å²) in [4.78, 5) is 2.30. The maximum absolute atomic E-state index is 10.0. The van der Waals surface area contributed by atoms with E-state index in [9.17, 15) is 10.2 Å². The lowest BCUT2D eigenvalue weighted by molar-refractivity contribution is 0.0977. The van der Waals surface area contributed by atoms with Crippen molar-refractivity contribution in [1.82, 2.24) is 4.90 Å². The number of aromatic hydroxyl groups is 2. The first-order valence-corrected chi connectivity index (χ1v) is 7.48. The Bertz CT molecular complexity index is 450. The molecular weight excluding hydrogens is 252 g/mol. The summed E-state index contributed by atoms with van der Waals surface area (Å²) < 4.78 is 0. The molecule has 112 valence electrons. The van der Waals surface area contributed by atoms with Gasteiger partial charge in [-0.15, -0.1) is 0 Å². The molecule has 0 amide bonds. The van der Waals surface area contributed by atoms with Gasteiger partial charge in [-0.05, 0) is 57.5 Å². The Morgan fingerprint density at radius 3 is 2.70 bits per heavy atom. The van der Waals surface area contributed by atoms with Gasteiger partial charge in [-0.3, -0.25) is 4.90 Å². The molecule has 4 N–H and O–H groups in total. The number of nitrogens with zero attached hydrogens (tertiary/aromatic N) is 1. The predicted octanol–water partition coefficient (Wildman–Crippen LogP) is 2.61. The molecule has 1 fully saturated rings. The van der Waals surface area contributed by atoms with Crippen LogP contribution >= 0.6 is 0 Å². The summed E-state index contributed by atoms with van der Waals surface area (Å²) in [6, 6.07) is 5.21. The van der Waals surface area contributed by atoms with Crippen LogP contribution in [0.4, 0.5) is 0 Å². The highest BCUT2D eigenvalue weighted by atomic mass is 16.3. The largest absolute Gasteiger partial charge is 0.508 e. The number of nitrogens with two attached hydrogens (primary N) is 1. The first-order chi connectivity index (χ1) is 9.54. The second-order valence-corrected chi connectivity index (χ2v) is 5.93. The van der Waals surface area contributed by atoms with Crippen LogP contribution in [-0.2, 0) is 0 Å². The Balaban J connectivity index is 2.18. The molecule has 3 unspecified atom stereocenters. The highest BCUT2D eigenvalue weighted by molar-refractivity contribution is 5.40. The fraction of sp³-hybridized carbons (Fsp3) is 0.625. The van der Waals surface area contributed by atoms with E-state index in [0.29, 0.717) is 18.5 Å². The average molecular weight is 278 g/mol. The van der Waals surface area contributed by atoms with Crippen LogP contribution in [0.1, 0.15) is 44.2 Å². The van der Waals surface area contributed by atoms with Gasteiger partial charge < -0.3 is 15.9 Å². The Morgan fingerprint density at radius 2 is 2.00 bits per heavy atom. The zero-order valence-electron chi connectivity index (χ0n) is 12.4. The van der Waals surface area contributed by atoms with E-state index >= 15 is 0 Å². The van der Waals surface area contributed by atoms with Crippen LogP contribution < -0.4 is 5.73 Å². The maximum atomic E-state index is 10.0. The van der Waals surface area contributed by atoms with Gasteiger partial charge >= 0.3 is 0 Å². The Morgan fingerprint density at radius 1 is 1.30 bits per heavy atom. The number of hydrogen-bond donors (Lipinski definition) is 3. The van der Waals surface area contributed by atoms with Gasteiger partial charge in [-0.1, -0.05) is 12.8 Å². The summed E-state index contributed by atoms with van der Waals surface area (Å²) in [5, 5.41) is 19.6. The third-order valence-corrected chi connectivity index (χ3v) is 4.77. The molecule has 3 atom stereocenters. The van der Waals surface area contributed by atoms with E-state index < -0.39 is 0 Å².